The quantitative estimate of drug-likeness (QED) is 0.477. The second-order valence-electron chi connectivity index (χ2n) is 6.47. The SMILES string of the molecule is CCCCCCCCCC(O)C(CO)NC(=O)c1ccc(OC)cc1. The average Bonchev–Trinajstić information content (AvgIpc) is 2.65. The lowest BCUT2D eigenvalue weighted by Crippen LogP contribution is -2.45. The van der Waals surface area contributed by atoms with Crippen LogP contribution in [0.25, 0.3) is 0 Å². The molecule has 1 rings (SSSR count). The van der Waals surface area contributed by atoms with Crippen molar-refractivity contribution in [1.29, 1.82) is 0 Å². The predicted octanol–water partition coefficient (Wildman–Crippen LogP) is 3.29. The van der Waals surface area contributed by atoms with Gasteiger partial charge in [-0.25, -0.2) is 0 Å². The highest BCUT2D eigenvalue weighted by Crippen LogP contribution is 2.13. The summed E-state index contributed by atoms with van der Waals surface area (Å²) in [5.41, 5.74) is 0.474. The van der Waals surface area contributed by atoms with E-state index < -0.39 is 12.1 Å². The molecule has 142 valence electrons. The number of benzene rings is 1. The maximum atomic E-state index is 12.2. The molecule has 0 bridgehead atoms. The summed E-state index contributed by atoms with van der Waals surface area (Å²) in [7, 11) is 1.57. The van der Waals surface area contributed by atoms with Crippen molar-refractivity contribution in [3.8, 4) is 5.75 Å². The van der Waals surface area contributed by atoms with E-state index in [9.17, 15) is 15.0 Å². The van der Waals surface area contributed by atoms with E-state index in [1.165, 1.54) is 32.1 Å². The molecule has 0 fully saturated rings. The van der Waals surface area contributed by atoms with Gasteiger partial charge in [-0.2, -0.15) is 0 Å². The molecule has 0 aromatic heterocycles. The number of amides is 1. The van der Waals surface area contributed by atoms with Crippen LogP contribution in [0, 0.1) is 0 Å². The van der Waals surface area contributed by atoms with Crippen LogP contribution in [-0.2, 0) is 0 Å². The molecular formula is C20H33NO4. The second kappa shape index (κ2) is 12.7. The summed E-state index contributed by atoms with van der Waals surface area (Å²) in [6.07, 6.45) is 8.04. The highest BCUT2D eigenvalue weighted by molar-refractivity contribution is 5.94. The van der Waals surface area contributed by atoms with Crippen molar-refractivity contribution in [1.82, 2.24) is 5.32 Å². The maximum absolute atomic E-state index is 12.2. The third kappa shape index (κ3) is 8.36. The molecule has 0 heterocycles. The zero-order chi connectivity index (χ0) is 18.5. The molecule has 0 aliphatic heterocycles. The smallest absolute Gasteiger partial charge is 0.251 e. The van der Waals surface area contributed by atoms with Gasteiger partial charge in [0.25, 0.3) is 5.91 Å². The zero-order valence-corrected chi connectivity index (χ0v) is 15.5. The molecule has 0 aliphatic carbocycles. The molecular weight excluding hydrogens is 318 g/mol. The molecule has 1 amide bonds. The molecule has 0 saturated heterocycles. The molecule has 5 nitrogen and oxygen atoms in total. The van der Waals surface area contributed by atoms with E-state index in [-0.39, 0.29) is 12.5 Å². The normalized spacial score (nSPS) is 13.3. The van der Waals surface area contributed by atoms with Crippen LogP contribution in [-0.4, -0.2) is 42.0 Å². The van der Waals surface area contributed by atoms with Crippen molar-refractivity contribution < 1.29 is 19.7 Å². The minimum Gasteiger partial charge on any atom is -0.497 e. The van der Waals surface area contributed by atoms with Crippen LogP contribution in [0.1, 0.15) is 68.6 Å². The lowest BCUT2D eigenvalue weighted by molar-refractivity contribution is 0.0661. The first-order valence-corrected chi connectivity index (χ1v) is 9.36. The Hall–Kier alpha value is -1.59. The monoisotopic (exact) mass is 351 g/mol. The van der Waals surface area contributed by atoms with Gasteiger partial charge in [0.15, 0.2) is 0 Å². The second-order valence-corrected chi connectivity index (χ2v) is 6.47. The number of hydrogen-bond acceptors (Lipinski definition) is 4. The van der Waals surface area contributed by atoms with Crippen molar-refractivity contribution in [3.05, 3.63) is 29.8 Å². The first-order valence-electron chi connectivity index (χ1n) is 9.36. The summed E-state index contributed by atoms with van der Waals surface area (Å²) in [5, 5.41) is 22.4. The molecule has 5 heteroatoms. The third-order valence-electron chi connectivity index (χ3n) is 4.43. The number of ether oxygens (including phenoxy) is 1. The van der Waals surface area contributed by atoms with Crippen LogP contribution in [0.5, 0.6) is 5.75 Å². The van der Waals surface area contributed by atoms with Gasteiger partial charge >= 0.3 is 0 Å². The lowest BCUT2D eigenvalue weighted by atomic mass is 10.0. The van der Waals surface area contributed by atoms with Gasteiger partial charge < -0.3 is 20.3 Å². The van der Waals surface area contributed by atoms with Gasteiger partial charge in [0.2, 0.25) is 0 Å². The van der Waals surface area contributed by atoms with Gasteiger partial charge in [0.1, 0.15) is 5.75 Å². The Morgan fingerprint density at radius 3 is 2.24 bits per heavy atom. The number of aliphatic hydroxyl groups excluding tert-OH is 2. The zero-order valence-electron chi connectivity index (χ0n) is 15.5. The number of hydrogen-bond donors (Lipinski definition) is 3. The minimum atomic E-state index is -0.733. The first-order chi connectivity index (χ1) is 12.1. The van der Waals surface area contributed by atoms with E-state index in [1.54, 1.807) is 31.4 Å². The molecule has 0 radical (unpaired) electrons. The number of methoxy groups -OCH3 is 1. The average molecular weight is 351 g/mol. The van der Waals surface area contributed by atoms with E-state index in [0.717, 1.165) is 12.8 Å². The molecule has 0 aliphatic rings. The Bertz CT molecular complexity index is 475. The Morgan fingerprint density at radius 2 is 1.68 bits per heavy atom. The van der Waals surface area contributed by atoms with Crippen LogP contribution in [0.2, 0.25) is 0 Å². The molecule has 2 atom stereocenters. The first kappa shape index (κ1) is 21.5. The standard InChI is InChI=1S/C20H33NO4/c1-3-4-5-6-7-8-9-10-19(23)18(15-22)21-20(24)16-11-13-17(25-2)14-12-16/h11-14,18-19,22-23H,3-10,15H2,1-2H3,(H,21,24). The fourth-order valence-corrected chi connectivity index (χ4v) is 2.77. The van der Waals surface area contributed by atoms with Gasteiger partial charge in [-0.3, -0.25) is 4.79 Å². The van der Waals surface area contributed by atoms with Gasteiger partial charge in [-0.15, -0.1) is 0 Å². The topological polar surface area (TPSA) is 78.8 Å². The predicted molar refractivity (Wildman–Crippen MR) is 100.0 cm³/mol. The van der Waals surface area contributed by atoms with Crippen LogP contribution in [0.15, 0.2) is 24.3 Å². The molecule has 1 aromatic rings. The molecule has 2 unspecified atom stereocenters. The summed E-state index contributed by atoms with van der Waals surface area (Å²) >= 11 is 0. The van der Waals surface area contributed by atoms with Gasteiger partial charge in [-0.05, 0) is 30.7 Å². The highest BCUT2D eigenvalue weighted by Gasteiger charge is 2.20. The van der Waals surface area contributed by atoms with Crippen LogP contribution >= 0.6 is 0 Å². The van der Waals surface area contributed by atoms with Crippen molar-refractivity contribution in [2.45, 2.75) is 70.4 Å². The molecule has 0 spiro atoms. The van der Waals surface area contributed by atoms with Crippen molar-refractivity contribution >= 4 is 5.91 Å². The molecule has 0 saturated carbocycles. The van der Waals surface area contributed by atoms with Crippen molar-refractivity contribution in [2.24, 2.45) is 0 Å². The Morgan fingerprint density at radius 1 is 1.08 bits per heavy atom. The Labute approximate surface area is 151 Å². The molecule has 25 heavy (non-hydrogen) atoms. The summed E-state index contributed by atoms with van der Waals surface area (Å²) in [5.74, 6) is 0.370. The number of carbonyl (C=O) groups excluding carboxylic acids is 1. The number of nitrogens with one attached hydrogen (secondary N) is 1. The fourth-order valence-electron chi connectivity index (χ4n) is 2.77. The van der Waals surface area contributed by atoms with Crippen LogP contribution in [0.4, 0.5) is 0 Å². The Balaban J connectivity index is 2.34. The van der Waals surface area contributed by atoms with Gasteiger partial charge in [0.05, 0.1) is 25.9 Å². The van der Waals surface area contributed by atoms with Crippen molar-refractivity contribution in [3.63, 3.8) is 0 Å². The number of carbonyl (C=O) groups is 1. The number of unbranched alkanes of at least 4 members (excludes halogenated alkanes) is 6. The van der Waals surface area contributed by atoms with Gasteiger partial charge in [0, 0.05) is 5.56 Å². The van der Waals surface area contributed by atoms with Crippen LogP contribution < -0.4 is 10.1 Å². The van der Waals surface area contributed by atoms with E-state index in [4.69, 9.17) is 4.74 Å². The summed E-state index contributed by atoms with van der Waals surface area (Å²) < 4.78 is 5.06. The maximum Gasteiger partial charge on any atom is 0.251 e. The van der Waals surface area contributed by atoms with E-state index in [0.29, 0.717) is 17.7 Å². The van der Waals surface area contributed by atoms with Crippen molar-refractivity contribution in [2.75, 3.05) is 13.7 Å². The molecule has 1 aromatic carbocycles. The van der Waals surface area contributed by atoms with E-state index in [1.807, 2.05) is 0 Å². The lowest BCUT2D eigenvalue weighted by Gasteiger charge is -2.22. The number of aliphatic hydroxyl groups is 2. The van der Waals surface area contributed by atoms with Gasteiger partial charge in [-0.1, -0.05) is 51.9 Å². The summed E-state index contributed by atoms with van der Waals surface area (Å²) in [6.45, 7) is 1.92. The van der Waals surface area contributed by atoms with Crippen LogP contribution in [0.3, 0.4) is 0 Å². The highest BCUT2D eigenvalue weighted by atomic mass is 16.5. The Kier molecular flexibility index (Phi) is 10.9. The fraction of sp³-hybridized carbons (Fsp3) is 0.650. The van der Waals surface area contributed by atoms with E-state index >= 15 is 0 Å². The summed E-state index contributed by atoms with van der Waals surface area (Å²) in [6, 6.07) is 6.08. The summed E-state index contributed by atoms with van der Waals surface area (Å²) in [4.78, 5) is 12.2. The molecule has 3 N–H and O–H groups in total. The largest absolute Gasteiger partial charge is 0.497 e. The third-order valence-corrected chi connectivity index (χ3v) is 4.43. The number of rotatable bonds is 13. The minimum absolute atomic E-state index is 0.278. The van der Waals surface area contributed by atoms with E-state index in [2.05, 4.69) is 12.2 Å².